The number of nitrogens with zero attached hydrogens (tertiary/aromatic N) is 1. The Labute approximate surface area is 120 Å². The lowest BCUT2D eigenvalue weighted by molar-refractivity contribution is -0.151. The van der Waals surface area contributed by atoms with Crippen molar-refractivity contribution in [1.82, 2.24) is 4.73 Å². The van der Waals surface area contributed by atoms with Crippen LogP contribution in [-0.4, -0.2) is 18.8 Å². The Kier molecular flexibility index (Phi) is 4.72. The summed E-state index contributed by atoms with van der Waals surface area (Å²) < 4.78 is 1.74. The standard InChI is InChI=1S/C14H19NO2SSi/c1-14(2,9-11-19(3,4)5)13(16)17-15-10-7-6-8-12(15)18/h6-8,10H,1-5H3. The van der Waals surface area contributed by atoms with Gasteiger partial charge in [-0.15, -0.1) is 5.54 Å². The summed E-state index contributed by atoms with van der Waals surface area (Å²) in [5.41, 5.74) is 2.35. The zero-order chi connectivity index (χ0) is 14.7. The molecule has 0 saturated heterocycles. The van der Waals surface area contributed by atoms with Crippen LogP contribution in [0.25, 0.3) is 0 Å². The molecule has 1 aromatic heterocycles. The summed E-state index contributed by atoms with van der Waals surface area (Å²) in [6.07, 6.45) is 1.61. The van der Waals surface area contributed by atoms with Gasteiger partial charge in [-0.1, -0.05) is 43.8 Å². The average molecular weight is 293 g/mol. The van der Waals surface area contributed by atoms with Crippen molar-refractivity contribution in [3.63, 3.8) is 0 Å². The van der Waals surface area contributed by atoms with E-state index in [1.165, 1.54) is 4.73 Å². The van der Waals surface area contributed by atoms with Crippen molar-refractivity contribution in [3.8, 4) is 11.5 Å². The highest BCUT2D eigenvalue weighted by atomic mass is 32.1. The lowest BCUT2D eigenvalue weighted by Gasteiger charge is -2.17. The van der Waals surface area contributed by atoms with E-state index in [0.29, 0.717) is 4.64 Å². The van der Waals surface area contributed by atoms with Gasteiger partial charge in [0, 0.05) is 6.20 Å². The van der Waals surface area contributed by atoms with E-state index in [2.05, 4.69) is 31.1 Å². The molecule has 1 aromatic rings. The van der Waals surface area contributed by atoms with Gasteiger partial charge in [-0.3, -0.25) is 0 Å². The van der Waals surface area contributed by atoms with Crippen LogP contribution >= 0.6 is 12.2 Å². The minimum atomic E-state index is -1.51. The van der Waals surface area contributed by atoms with Crippen molar-refractivity contribution >= 4 is 26.3 Å². The first-order chi connectivity index (χ1) is 8.62. The number of aromatic nitrogens is 1. The lowest BCUT2D eigenvalue weighted by atomic mass is 9.96. The van der Waals surface area contributed by atoms with Crippen molar-refractivity contribution in [2.75, 3.05) is 0 Å². The first-order valence-corrected chi connectivity index (χ1v) is 9.97. The fourth-order valence-corrected chi connectivity index (χ4v) is 1.95. The van der Waals surface area contributed by atoms with E-state index in [1.54, 1.807) is 38.2 Å². The Balaban J connectivity index is 2.91. The third-order valence-corrected chi connectivity index (χ3v) is 3.42. The number of pyridine rings is 1. The molecule has 0 saturated carbocycles. The van der Waals surface area contributed by atoms with E-state index in [0.717, 1.165) is 0 Å². The van der Waals surface area contributed by atoms with Gasteiger partial charge in [-0.05, 0) is 26.0 Å². The second-order valence-corrected chi connectivity index (χ2v) is 11.0. The molecular weight excluding hydrogens is 274 g/mol. The predicted molar refractivity (Wildman–Crippen MR) is 81.8 cm³/mol. The minimum Gasteiger partial charge on any atom is -0.334 e. The van der Waals surface area contributed by atoms with E-state index in [4.69, 9.17) is 17.1 Å². The fraction of sp³-hybridized carbons (Fsp3) is 0.429. The van der Waals surface area contributed by atoms with Crippen LogP contribution in [0.5, 0.6) is 0 Å². The van der Waals surface area contributed by atoms with Crippen LogP contribution < -0.4 is 4.84 Å². The monoisotopic (exact) mass is 293 g/mol. The molecule has 0 aromatic carbocycles. The smallest absolute Gasteiger partial charge is 0.334 e. The molecule has 0 radical (unpaired) electrons. The lowest BCUT2D eigenvalue weighted by Crippen LogP contribution is -2.33. The summed E-state index contributed by atoms with van der Waals surface area (Å²) in [5, 5.41) is 0. The molecule has 0 amide bonds. The molecule has 0 unspecified atom stereocenters. The maximum Gasteiger partial charge on any atom is 0.350 e. The van der Waals surface area contributed by atoms with Crippen molar-refractivity contribution in [2.45, 2.75) is 33.5 Å². The third-order valence-electron chi connectivity index (χ3n) is 2.23. The van der Waals surface area contributed by atoms with Crippen LogP contribution in [0.2, 0.25) is 19.6 Å². The Morgan fingerprint density at radius 1 is 1.37 bits per heavy atom. The molecule has 102 valence electrons. The molecule has 0 aliphatic rings. The Morgan fingerprint density at radius 2 is 2.00 bits per heavy atom. The van der Waals surface area contributed by atoms with Gasteiger partial charge in [0.05, 0.1) is 0 Å². The Morgan fingerprint density at radius 3 is 2.53 bits per heavy atom. The SMILES string of the molecule is CC(C)(C#C[Si](C)(C)C)C(=O)On1ccccc1=S. The highest BCUT2D eigenvalue weighted by Crippen LogP contribution is 2.15. The maximum atomic E-state index is 12.1. The van der Waals surface area contributed by atoms with Crippen LogP contribution in [0.3, 0.4) is 0 Å². The minimum absolute atomic E-state index is 0.402. The van der Waals surface area contributed by atoms with Gasteiger partial charge in [-0.2, -0.15) is 4.73 Å². The Bertz CT molecular complexity index is 588. The first-order valence-electron chi connectivity index (χ1n) is 6.07. The molecule has 0 bridgehead atoms. The summed E-state index contributed by atoms with van der Waals surface area (Å²) in [6, 6.07) is 5.25. The number of carbonyl (C=O) groups excluding carboxylic acids is 1. The van der Waals surface area contributed by atoms with E-state index < -0.39 is 19.5 Å². The molecule has 19 heavy (non-hydrogen) atoms. The van der Waals surface area contributed by atoms with Crippen LogP contribution in [0.1, 0.15) is 13.8 Å². The van der Waals surface area contributed by atoms with Crippen molar-refractivity contribution in [2.24, 2.45) is 5.41 Å². The number of rotatable bonds is 2. The topological polar surface area (TPSA) is 31.2 Å². The molecule has 0 fully saturated rings. The molecule has 0 atom stereocenters. The molecule has 5 heteroatoms. The van der Waals surface area contributed by atoms with Gasteiger partial charge >= 0.3 is 5.97 Å². The van der Waals surface area contributed by atoms with E-state index in [-0.39, 0.29) is 0 Å². The van der Waals surface area contributed by atoms with Crippen molar-refractivity contribution < 1.29 is 9.63 Å². The summed E-state index contributed by atoms with van der Waals surface area (Å²) in [6.45, 7) is 9.92. The van der Waals surface area contributed by atoms with Crippen LogP contribution in [0, 0.1) is 21.5 Å². The second-order valence-electron chi connectivity index (χ2n) is 5.87. The average Bonchev–Trinajstić information content (AvgIpc) is 2.29. The predicted octanol–water partition coefficient (Wildman–Crippen LogP) is 3.08. The Hall–Kier alpha value is -1.38. The van der Waals surface area contributed by atoms with Gasteiger partial charge in [0.15, 0.2) is 0 Å². The maximum absolute atomic E-state index is 12.1. The molecule has 0 aliphatic carbocycles. The zero-order valence-corrected chi connectivity index (χ0v) is 13.8. The molecule has 0 spiro atoms. The number of hydrogen-bond acceptors (Lipinski definition) is 3. The van der Waals surface area contributed by atoms with Crippen molar-refractivity contribution in [1.29, 1.82) is 0 Å². The molecule has 1 heterocycles. The van der Waals surface area contributed by atoms with E-state index >= 15 is 0 Å². The van der Waals surface area contributed by atoms with Gasteiger partial charge in [0.25, 0.3) is 0 Å². The normalized spacial score (nSPS) is 11.4. The summed E-state index contributed by atoms with van der Waals surface area (Å²) in [7, 11) is -1.51. The molecule has 3 nitrogen and oxygen atoms in total. The summed E-state index contributed by atoms with van der Waals surface area (Å²) >= 11 is 5.07. The summed E-state index contributed by atoms with van der Waals surface area (Å²) in [5.74, 6) is 2.63. The fourth-order valence-electron chi connectivity index (χ4n) is 1.09. The second kappa shape index (κ2) is 5.72. The molecular formula is C14H19NO2SSi. The van der Waals surface area contributed by atoms with Crippen LogP contribution in [0.4, 0.5) is 0 Å². The van der Waals surface area contributed by atoms with Gasteiger partial charge in [0.1, 0.15) is 18.1 Å². The van der Waals surface area contributed by atoms with E-state index in [1.807, 2.05) is 0 Å². The first kappa shape index (κ1) is 15.7. The van der Waals surface area contributed by atoms with E-state index in [9.17, 15) is 4.79 Å². The van der Waals surface area contributed by atoms with Gasteiger partial charge < -0.3 is 4.84 Å². The zero-order valence-electron chi connectivity index (χ0n) is 12.0. The molecule has 0 N–H and O–H groups in total. The number of carbonyl (C=O) groups is 1. The summed E-state index contributed by atoms with van der Waals surface area (Å²) in [4.78, 5) is 17.4. The number of hydrogen-bond donors (Lipinski definition) is 0. The third kappa shape index (κ3) is 5.01. The van der Waals surface area contributed by atoms with Gasteiger partial charge in [0.2, 0.25) is 0 Å². The highest BCUT2D eigenvalue weighted by molar-refractivity contribution is 7.71. The molecule has 0 aliphatic heterocycles. The molecule has 1 rings (SSSR count). The van der Waals surface area contributed by atoms with Crippen LogP contribution in [0.15, 0.2) is 24.4 Å². The largest absolute Gasteiger partial charge is 0.350 e. The highest BCUT2D eigenvalue weighted by Gasteiger charge is 2.28. The van der Waals surface area contributed by atoms with Crippen molar-refractivity contribution in [3.05, 3.63) is 29.0 Å². The van der Waals surface area contributed by atoms with Gasteiger partial charge in [-0.25, -0.2) is 4.79 Å². The quantitative estimate of drug-likeness (QED) is 0.477. The van der Waals surface area contributed by atoms with Crippen LogP contribution in [-0.2, 0) is 4.79 Å².